The fourth-order valence-electron chi connectivity index (χ4n) is 1.56. The van der Waals surface area contributed by atoms with E-state index >= 15 is 0 Å². The quantitative estimate of drug-likeness (QED) is 0.736. The maximum atomic E-state index is 9.59. The van der Waals surface area contributed by atoms with Crippen LogP contribution in [0.4, 0.5) is 0 Å². The maximum Gasteiger partial charge on any atom is 0.317 e. The van der Waals surface area contributed by atoms with Crippen LogP contribution in [-0.4, -0.2) is 27.3 Å². The van der Waals surface area contributed by atoms with Crippen LogP contribution >= 0.6 is 0 Å². The number of nitrogens with zero attached hydrogens (tertiary/aromatic N) is 2. The Hall–Kier alpha value is -2.04. The smallest absolute Gasteiger partial charge is 0.317 e. The zero-order chi connectivity index (χ0) is 11.0. The Kier molecular flexibility index (Phi) is 2.07. The van der Waals surface area contributed by atoms with Crippen molar-refractivity contribution in [3.63, 3.8) is 0 Å². The normalized spacial score (nSPS) is 10.5. The molecular weight excluding hydrogens is 196 g/mol. The number of aromatic nitrogens is 2. The van der Waals surface area contributed by atoms with Gasteiger partial charge >= 0.3 is 6.01 Å². The van der Waals surface area contributed by atoms with Crippen LogP contribution in [0.15, 0.2) is 12.1 Å². The Morgan fingerprint density at radius 3 is 2.60 bits per heavy atom. The largest absolute Gasteiger partial charge is 0.496 e. The van der Waals surface area contributed by atoms with E-state index in [4.69, 9.17) is 9.84 Å². The maximum absolute atomic E-state index is 9.59. The predicted octanol–water partition coefficient (Wildman–Crippen LogP) is 1.36. The van der Waals surface area contributed by atoms with E-state index in [2.05, 4.69) is 9.97 Å². The zero-order valence-corrected chi connectivity index (χ0v) is 8.35. The molecule has 0 radical (unpaired) electrons. The molecule has 2 rings (SSSR count). The Morgan fingerprint density at radius 2 is 1.93 bits per heavy atom. The summed E-state index contributed by atoms with van der Waals surface area (Å²) in [5.41, 5.74) is 1.23. The van der Waals surface area contributed by atoms with E-state index in [0.717, 1.165) is 5.56 Å². The summed E-state index contributed by atoms with van der Waals surface area (Å²) in [6, 6.07) is 2.94. The van der Waals surface area contributed by atoms with Gasteiger partial charge in [0.05, 0.1) is 18.0 Å². The zero-order valence-electron chi connectivity index (χ0n) is 8.35. The second-order valence-electron chi connectivity index (χ2n) is 3.13. The van der Waals surface area contributed by atoms with Crippen molar-refractivity contribution in [1.29, 1.82) is 0 Å². The molecule has 1 aromatic heterocycles. The topological polar surface area (TPSA) is 75.5 Å². The second kappa shape index (κ2) is 3.27. The van der Waals surface area contributed by atoms with Gasteiger partial charge < -0.3 is 14.9 Å². The molecule has 2 aromatic rings. The molecule has 0 atom stereocenters. The molecule has 0 fully saturated rings. The number of hydrogen-bond donors (Lipinski definition) is 2. The monoisotopic (exact) mass is 206 g/mol. The fourth-order valence-corrected chi connectivity index (χ4v) is 1.56. The van der Waals surface area contributed by atoms with Gasteiger partial charge in [-0.15, -0.1) is 0 Å². The van der Waals surface area contributed by atoms with Crippen molar-refractivity contribution in [3.05, 3.63) is 17.7 Å². The lowest BCUT2D eigenvalue weighted by Crippen LogP contribution is -1.92. The number of rotatable bonds is 1. The molecule has 5 nitrogen and oxygen atoms in total. The van der Waals surface area contributed by atoms with Crippen LogP contribution in [0, 0.1) is 6.92 Å². The summed E-state index contributed by atoms with van der Waals surface area (Å²) in [6.07, 6.45) is 0. The molecule has 0 aliphatic heterocycles. The van der Waals surface area contributed by atoms with Crippen LogP contribution in [-0.2, 0) is 0 Å². The van der Waals surface area contributed by atoms with Crippen LogP contribution < -0.4 is 4.74 Å². The number of ether oxygens (including phenoxy) is 1. The summed E-state index contributed by atoms with van der Waals surface area (Å²) in [5.74, 6) is 0.404. The molecule has 1 heterocycles. The number of methoxy groups -OCH3 is 1. The molecule has 15 heavy (non-hydrogen) atoms. The van der Waals surface area contributed by atoms with Crippen LogP contribution in [0.1, 0.15) is 5.56 Å². The van der Waals surface area contributed by atoms with Crippen molar-refractivity contribution in [1.82, 2.24) is 9.97 Å². The highest BCUT2D eigenvalue weighted by atomic mass is 16.5. The minimum Gasteiger partial charge on any atom is -0.496 e. The van der Waals surface area contributed by atoms with Gasteiger partial charge in [-0.25, -0.2) is 0 Å². The number of aryl methyl sites for hydroxylation is 1. The highest BCUT2D eigenvalue weighted by Crippen LogP contribution is 2.31. The van der Waals surface area contributed by atoms with E-state index in [1.165, 1.54) is 0 Å². The average Bonchev–Trinajstić information content (AvgIpc) is 2.17. The number of aromatic hydroxyl groups is 2. The lowest BCUT2D eigenvalue weighted by atomic mass is 10.1. The molecule has 0 aliphatic rings. The van der Waals surface area contributed by atoms with E-state index in [1.807, 2.05) is 0 Å². The minimum atomic E-state index is -0.440. The molecule has 0 saturated heterocycles. The minimum absolute atomic E-state index is 0.242. The van der Waals surface area contributed by atoms with E-state index in [0.29, 0.717) is 16.7 Å². The summed E-state index contributed by atoms with van der Waals surface area (Å²) in [4.78, 5) is 7.28. The van der Waals surface area contributed by atoms with Crippen LogP contribution in [0.3, 0.4) is 0 Å². The molecule has 0 saturated carbocycles. The summed E-state index contributed by atoms with van der Waals surface area (Å²) in [7, 11) is 1.55. The Bertz CT molecular complexity index is 526. The first-order chi connectivity index (χ1) is 7.13. The lowest BCUT2D eigenvalue weighted by Gasteiger charge is -2.08. The first-order valence-electron chi connectivity index (χ1n) is 4.36. The highest BCUT2D eigenvalue weighted by molar-refractivity contribution is 5.88. The summed E-state index contributed by atoms with van der Waals surface area (Å²) in [6.45, 7) is 1.79. The van der Waals surface area contributed by atoms with Crippen LogP contribution in [0.2, 0.25) is 0 Å². The van der Waals surface area contributed by atoms with Gasteiger partial charge in [-0.2, -0.15) is 9.97 Å². The van der Waals surface area contributed by atoms with E-state index in [-0.39, 0.29) is 5.88 Å². The van der Waals surface area contributed by atoms with Crippen molar-refractivity contribution in [2.45, 2.75) is 6.92 Å². The summed E-state index contributed by atoms with van der Waals surface area (Å²) < 4.78 is 5.11. The van der Waals surface area contributed by atoms with Crippen molar-refractivity contribution in [2.24, 2.45) is 0 Å². The Balaban J connectivity index is 2.87. The molecule has 5 heteroatoms. The molecule has 0 unspecified atom stereocenters. The van der Waals surface area contributed by atoms with Gasteiger partial charge in [0, 0.05) is 5.56 Å². The van der Waals surface area contributed by atoms with E-state index < -0.39 is 6.01 Å². The van der Waals surface area contributed by atoms with Crippen molar-refractivity contribution in [2.75, 3.05) is 7.11 Å². The fraction of sp³-hybridized carbons (Fsp3) is 0.200. The van der Waals surface area contributed by atoms with Gasteiger partial charge in [-0.1, -0.05) is 0 Å². The number of fused-ring (bicyclic) bond motifs is 1. The third-order valence-electron chi connectivity index (χ3n) is 2.26. The van der Waals surface area contributed by atoms with E-state index in [1.54, 1.807) is 26.2 Å². The Labute approximate surface area is 86.0 Å². The average molecular weight is 206 g/mol. The number of benzene rings is 1. The molecule has 0 bridgehead atoms. The van der Waals surface area contributed by atoms with Gasteiger partial charge in [0.1, 0.15) is 5.75 Å². The highest BCUT2D eigenvalue weighted by Gasteiger charge is 2.11. The molecule has 1 aromatic carbocycles. The first-order valence-corrected chi connectivity index (χ1v) is 4.36. The standard InChI is InChI=1S/C10H10N2O3/c1-5-7(15-2)4-3-6-8(5)9(13)12-10(14)11-6/h3-4H,1-2H3,(H2,11,12,13,14). The SMILES string of the molecule is COc1ccc2nc(O)nc(O)c2c1C. The molecule has 0 spiro atoms. The summed E-state index contributed by atoms with van der Waals surface area (Å²) >= 11 is 0. The number of hydrogen-bond acceptors (Lipinski definition) is 5. The third-order valence-corrected chi connectivity index (χ3v) is 2.26. The van der Waals surface area contributed by atoms with Crippen molar-refractivity contribution >= 4 is 10.9 Å². The first kappa shape index (κ1) is 9.51. The lowest BCUT2D eigenvalue weighted by molar-refractivity contribution is 0.400. The van der Waals surface area contributed by atoms with Gasteiger partial charge in [-0.3, -0.25) is 0 Å². The molecule has 0 aliphatic carbocycles. The van der Waals surface area contributed by atoms with Crippen molar-refractivity contribution in [3.8, 4) is 17.6 Å². The summed E-state index contributed by atoms with van der Waals surface area (Å²) in [5, 5.41) is 19.2. The van der Waals surface area contributed by atoms with Crippen molar-refractivity contribution < 1.29 is 14.9 Å². The Morgan fingerprint density at radius 1 is 1.20 bits per heavy atom. The van der Waals surface area contributed by atoms with Gasteiger partial charge in [0.2, 0.25) is 5.88 Å². The van der Waals surface area contributed by atoms with Crippen LogP contribution in [0.25, 0.3) is 10.9 Å². The third kappa shape index (κ3) is 1.41. The van der Waals surface area contributed by atoms with Gasteiger partial charge in [-0.05, 0) is 19.1 Å². The molecule has 0 amide bonds. The predicted molar refractivity (Wildman–Crippen MR) is 54.2 cm³/mol. The van der Waals surface area contributed by atoms with Gasteiger partial charge in [0.15, 0.2) is 0 Å². The second-order valence-corrected chi connectivity index (χ2v) is 3.13. The molecule has 2 N–H and O–H groups in total. The van der Waals surface area contributed by atoms with Gasteiger partial charge in [0.25, 0.3) is 0 Å². The van der Waals surface area contributed by atoms with E-state index in [9.17, 15) is 5.11 Å². The molecular formula is C10H10N2O3. The van der Waals surface area contributed by atoms with Crippen LogP contribution in [0.5, 0.6) is 17.6 Å². The molecule has 78 valence electrons.